The molecule has 3 rings (SSSR count). The molecule has 0 radical (unpaired) electrons. The molecule has 0 aromatic heterocycles. The normalized spacial score (nSPS) is 19.9. The molecule has 2 aromatic rings. The van der Waals surface area contributed by atoms with E-state index in [1.807, 2.05) is 43.4 Å². The van der Waals surface area contributed by atoms with Crippen LogP contribution in [0, 0.1) is 0 Å². The fourth-order valence-corrected chi connectivity index (χ4v) is 4.39. The number of fused-ring (bicyclic) bond motifs is 1. The van der Waals surface area contributed by atoms with Crippen molar-refractivity contribution in [1.82, 2.24) is 5.32 Å². The van der Waals surface area contributed by atoms with Crippen LogP contribution in [0.5, 0.6) is 0 Å². The Balaban J connectivity index is 2.08. The van der Waals surface area contributed by atoms with Gasteiger partial charge in [-0.05, 0) is 60.8 Å². The molecule has 26 heavy (non-hydrogen) atoms. The first-order valence-corrected chi connectivity index (χ1v) is 11.0. The van der Waals surface area contributed by atoms with E-state index >= 15 is 0 Å². The van der Waals surface area contributed by atoms with E-state index in [0.29, 0.717) is 15.7 Å². The van der Waals surface area contributed by atoms with Gasteiger partial charge < -0.3 is 5.32 Å². The van der Waals surface area contributed by atoms with Gasteiger partial charge in [-0.15, -0.1) is 0 Å². The molecule has 7 heteroatoms. The summed E-state index contributed by atoms with van der Waals surface area (Å²) in [6.45, 7) is 0. The lowest BCUT2D eigenvalue weighted by atomic mass is 9.76. The van der Waals surface area contributed by atoms with Gasteiger partial charge in [-0.25, -0.2) is 8.42 Å². The average Bonchev–Trinajstić information content (AvgIpc) is 2.61. The van der Waals surface area contributed by atoms with Crippen LogP contribution in [-0.2, 0) is 10.0 Å². The molecule has 1 aliphatic rings. The number of sulfonamides is 1. The van der Waals surface area contributed by atoms with Crippen LogP contribution in [-0.4, -0.2) is 28.8 Å². The zero-order chi connectivity index (χ0) is 19.1. The summed E-state index contributed by atoms with van der Waals surface area (Å²) in [5.74, 6) is 0.210. The van der Waals surface area contributed by atoms with Crippen molar-refractivity contribution in [1.29, 1.82) is 0 Å². The molecule has 1 aliphatic carbocycles. The minimum atomic E-state index is -3.30. The number of nitrogens with zero attached hydrogens (tertiary/aromatic N) is 1. The standard InChI is InChI=1S/C19H22Cl2N2O2S/c1-22-19-9-7-14(12-4-8-17(20)18(21)10-12)15-6-5-13(11-16(15)19)23(2)26(3,24)25/h4-6,8,10-11,14,19,22H,7,9H2,1-3H3/t14?,19-/m0/s1. The van der Waals surface area contributed by atoms with E-state index in [4.69, 9.17) is 23.2 Å². The number of benzene rings is 2. The Morgan fingerprint density at radius 2 is 1.77 bits per heavy atom. The molecule has 2 aromatic carbocycles. The SMILES string of the molecule is CN[C@H]1CCC(c2ccc(Cl)c(Cl)c2)c2ccc(N(C)S(C)(=O)=O)cc21. The lowest BCUT2D eigenvalue weighted by Crippen LogP contribution is -2.27. The molecule has 140 valence electrons. The molecule has 0 fully saturated rings. The first kappa shape index (κ1) is 19.5. The Kier molecular flexibility index (Phi) is 5.54. The summed E-state index contributed by atoms with van der Waals surface area (Å²) < 4.78 is 25.1. The van der Waals surface area contributed by atoms with Crippen molar-refractivity contribution in [3.05, 3.63) is 63.1 Å². The highest BCUT2D eigenvalue weighted by molar-refractivity contribution is 7.92. The number of rotatable bonds is 4. The number of nitrogens with one attached hydrogen (secondary N) is 1. The number of halogens is 2. The summed E-state index contributed by atoms with van der Waals surface area (Å²) in [6, 6.07) is 11.8. The Hall–Kier alpha value is -1.27. The molecule has 0 saturated heterocycles. The minimum Gasteiger partial charge on any atom is -0.313 e. The molecule has 0 spiro atoms. The van der Waals surface area contributed by atoms with Crippen LogP contribution >= 0.6 is 23.2 Å². The monoisotopic (exact) mass is 412 g/mol. The van der Waals surface area contributed by atoms with Crippen molar-refractivity contribution in [2.75, 3.05) is 24.7 Å². The van der Waals surface area contributed by atoms with Gasteiger partial charge in [0.2, 0.25) is 10.0 Å². The van der Waals surface area contributed by atoms with Crippen LogP contribution in [0.3, 0.4) is 0 Å². The summed E-state index contributed by atoms with van der Waals surface area (Å²) in [7, 11) is 0.204. The third kappa shape index (κ3) is 3.72. The van der Waals surface area contributed by atoms with Crippen molar-refractivity contribution < 1.29 is 8.42 Å². The van der Waals surface area contributed by atoms with Gasteiger partial charge >= 0.3 is 0 Å². The Morgan fingerprint density at radius 3 is 2.38 bits per heavy atom. The van der Waals surface area contributed by atoms with E-state index in [-0.39, 0.29) is 12.0 Å². The molecule has 1 N–H and O–H groups in total. The van der Waals surface area contributed by atoms with E-state index in [0.717, 1.165) is 24.0 Å². The fraction of sp³-hybridized carbons (Fsp3) is 0.368. The molecule has 4 nitrogen and oxygen atoms in total. The van der Waals surface area contributed by atoms with Crippen LogP contribution in [0.2, 0.25) is 10.0 Å². The summed E-state index contributed by atoms with van der Waals surface area (Å²) >= 11 is 12.3. The molecule has 0 heterocycles. The minimum absolute atomic E-state index is 0.192. The lowest BCUT2D eigenvalue weighted by Gasteiger charge is -2.33. The van der Waals surface area contributed by atoms with Crippen LogP contribution in [0.1, 0.15) is 41.5 Å². The Bertz CT molecular complexity index is 931. The molecular weight excluding hydrogens is 391 g/mol. The van der Waals surface area contributed by atoms with Crippen molar-refractivity contribution in [2.45, 2.75) is 24.8 Å². The predicted molar refractivity (Wildman–Crippen MR) is 109 cm³/mol. The van der Waals surface area contributed by atoms with Gasteiger partial charge in [0.1, 0.15) is 0 Å². The Morgan fingerprint density at radius 1 is 1.04 bits per heavy atom. The molecule has 0 aliphatic heterocycles. The highest BCUT2D eigenvalue weighted by Crippen LogP contribution is 2.43. The second-order valence-electron chi connectivity index (χ2n) is 6.69. The van der Waals surface area contributed by atoms with E-state index in [1.165, 1.54) is 16.1 Å². The van der Waals surface area contributed by atoms with Crippen LogP contribution in [0.25, 0.3) is 0 Å². The zero-order valence-electron chi connectivity index (χ0n) is 15.0. The van der Waals surface area contributed by atoms with Gasteiger partial charge in [0.05, 0.1) is 22.0 Å². The number of hydrogen-bond acceptors (Lipinski definition) is 3. The summed E-state index contributed by atoms with van der Waals surface area (Å²) in [5.41, 5.74) is 4.11. The first-order valence-electron chi connectivity index (χ1n) is 8.42. The summed E-state index contributed by atoms with van der Waals surface area (Å²) in [6.07, 6.45) is 3.15. The zero-order valence-corrected chi connectivity index (χ0v) is 17.3. The van der Waals surface area contributed by atoms with Crippen LogP contribution in [0.15, 0.2) is 36.4 Å². The van der Waals surface area contributed by atoms with Crippen molar-refractivity contribution in [2.24, 2.45) is 0 Å². The average molecular weight is 413 g/mol. The van der Waals surface area contributed by atoms with E-state index in [9.17, 15) is 8.42 Å². The molecular formula is C19H22Cl2N2O2S. The van der Waals surface area contributed by atoms with Crippen molar-refractivity contribution >= 4 is 38.9 Å². The molecule has 0 saturated carbocycles. The fourth-order valence-electron chi connectivity index (χ4n) is 3.59. The third-order valence-electron chi connectivity index (χ3n) is 5.12. The van der Waals surface area contributed by atoms with Gasteiger partial charge in [0.25, 0.3) is 0 Å². The van der Waals surface area contributed by atoms with Gasteiger partial charge in [0, 0.05) is 19.0 Å². The van der Waals surface area contributed by atoms with Crippen molar-refractivity contribution in [3.8, 4) is 0 Å². The van der Waals surface area contributed by atoms with E-state index in [1.54, 1.807) is 7.05 Å². The maximum absolute atomic E-state index is 11.9. The van der Waals surface area contributed by atoms with Crippen LogP contribution in [0.4, 0.5) is 5.69 Å². The third-order valence-corrected chi connectivity index (χ3v) is 7.07. The van der Waals surface area contributed by atoms with Crippen LogP contribution < -0.4 is 9.62 Å². The first-order chi connectivity index (χ1) is 12.2. The smallest absolute Gasteiger partial charge is 0.231 e. The largest absolute Gasteiger partial charge is 0.313 e. The van der Waals surface area contributed by atoms with Gasteiger partial charge in [-0.1, -0.05) is 35.3 Å². The van der Waals surface area contributed by atoms with Crippen molar-refractivity contribution in [3.63, 3.8) is 0 Å². The highest BCUT2D eigenvalue weighted by Gasteiger charge is 2.29. The van der Waals surface area contributed by atoms with Gasteiger partial charge in [-0.3, -0.25) is 4.31 Å². The van der Waals surface area contributed by atoms with Gasteiger partial charge in [0.15, 0.2) is 0 Å². The molecule has 0 bridgehead atoms. The van der Waals surface area contributed by atoms with Gasteiger partial charge in [-0.2, -0.15) is 0 Å². The molecule has 0 amide bonds. The number of hydrogen-bond donors (Lipinski definition) is 1. The Labute approximate surface area is 165 Å². The second kappa shape index (κ2) is 7.39. The lowest BCUT2D eigenvalue weighted by molar-refractivity contribution is 0.471. The highest BCUT2D eigenvalue weighted by atomic mass is 35.5. The molecule has 2 atom stereocenters. The maximum Gasteiger partial charge on any atom is 0.231 e. The predicted octanol–water partition coefficient (Wildman–Crippen LogP) is 4.58. The van der Waals surface area contributed by atoms with E-state index in [2.05, 4.69) is 5.32 Å². The van der Waals surface area contributed by atoms with E-state index < -0.39 is 10.0 Å². The number of anilines is 1. The quantitative estimate of drug-likeness (QED) is 0.799. The summed E-state index contributed by atoms with van der Waals surface area (Å²) in [5, 5.41) is 4.44. The topological polar surface area (TPSA) is 49.4 Å². The summed E-state index contributed by atoms with van der Waals surface area (Å²) in [4.78, 5) is 0. The maximum atomic E-state index is 11.9. The molecule has 1 unspecified atom stereocenters. The second-order valence-corrected chi connectivity index (χ2v) is 9.52.